The fourth-order valence-corrected chi connectivity index (χ4v) is 2.88. The molecule has 3 nitrogen and oxygen atoms in total. The number of hydrogen-bond donors (Lipinski definition) is 2. The summed E-state index contributed by atoms with van der Waals surface area (Å²) in [5, 5.41) is 13.8. The highest BCUT2D eigenvalue weighted by Gasteiger charge is 2.24. The highest BCUT2D eigenvalue weighted by Crippen LogP contribution is 2.29. The number of aromatic nitrogens is 1. The van der Waals surface area contributed by atoms with Gasteiger partial charge in [-0.2, -0.15) is 0 Å². The summed E-state index contributed by atoms with van der Waals surface area (Å²) in [6.07, 6.45) is 5.05. The van der Waals surface area contributed by atoms with Crippen LogP contribution in [0.1, 0.15) is 43.0 Å². The lowest BCUT2D eigenvalue weighted by Crippen LogP contribution is -2.34. The van der Waals surface area contributed by atoms with E-state index in [2.05, 4.69) is 24.1 Å². The van der Waals surface area contributed by atoms with Gasteiger partial charge in [0.2, 0.25) is 0 Å². The van der Waals surface area contributed by atoms with Gasteiger partial charge < -0.3 is 10.4 Å². The summed E-state index contributed by atoms with van der Waals surface area (Å²) in [4.78, 5) is 5.53. The second-order valence-electron chi connectivity index (χ2n) is 4.63. The Morgan fingerprint density at radius 3 is 2.59 bits per heavy atom. The van der Waals surface area contributed by atoms with Crippen molar-refractivity contribution in [1.82, 2.24) is 10.3 Å². The number of thiazole rings is 1. The van der Waals surface area contributed by atoms with Crippen molar-refractivity contribution in [3.63, 3.8) is 0 Å². The van der Waals surface area contributed by atoms with Crippen molar-refractivity contribution in [3.8, 4) is 0 Å². The van der Waals surface area contributed by atoms with Crippen LogP contribution in [0.2, 0.25) is 0 Å². The second-order valence-corrected chi connectivity index (χ2v) is 5.95. The molecule has 0 amide bonds. The minimum absolute atomic E-state index is 0.245. The first kappa shape index (κ1) is 14.6. The lowest BCUT2D eigenvalue weighted by molar-refractivity contribution is 0.163. The Hall–Kier alpha value is -0.450. The van der Waals surface area contributed by atoms with Crippen LogP contribution in [0.3, 0.4) is 0 Å². The Morgan fingerprint density at radius 1 is 1.41 bits per heavy atom. The van der Waals surface area contributed by atoms with Crippen LogP contribution in [0.4, 0.5) is 0 Å². The first-order chi connectivity index (χ1) is 8.15. The molecule has 0 saturated heterocycles. The number of nitrogens with zero attached hydrogens (tertiary/aromatic N) is 1. The number of nitrogens with one attached hydrogen (secondary N) is 1. The molecule has 0 spiro atoms. The van der Waals surface area contributed by atoms with E-state index < -0.39 is 0 Å². The Kier molecular flexibility index (Phi) is 6.09. The van der Waals surface area contributed by atoms with Gasteiger partial charge in [0.05, 0.1) is 5.01 Å². The fraction of sp³-hybridized carbons (Fsp3) is 0.769. The van der Waals surface area contributed by atoms with Crippen molar-refractivity contribution >= 4 is 11.3 Å². The van der Waals surface area contributed by atoms with E-state index in [0.717, 1.165) is 37.4 Å². The first-order valence-electron chi connectivity index (χ1n) is 6.38. The average Bonchev–Trinajstić information content (AvgIpc) is 2.74. The molecular formula is C13H24N2OS. The van der Waals surface area contributed by atoms with Gasteiger partial charge in [0.1, 0.15) is 0 Å². The quantitative estimate of drug-likeness (QED) is 0.752. The van der Waals surface area contributed by atoms with Crippen LogP contribution in [-0.4, -0.2) is 23.2 Å². The van der Waals surface area contributed by atoms with E-state index in [-0.39, 0.29) is 12.0 Å². The summed E-state index contributed by atoms with van der Waals surface area (Å²) >= 11 is 1.74. The van der Waals surface area contributed by atoms with Crippen LogP contribution < -0.4 is 5.32 Å². The minimum atomic E-state index is 0.245. The third-order valence-corrected chi connectivity index (χ3v) is 4.52. The standard InChI is InChI=1S/C13H24N2OS/c1-4-13(5-2,6-7-16)10-14-8-12-9-15-11(3)17-12/h9,14,16H,4-8,10H2,1-3H3. The second kappa shape index (κ2) is 7.09. The molecule has 0 fully saturated rings. The third kappa shape index (κ3) is 4.37. The predicted octanol–water partition coefficient (Wildman–Crippen LogP) is 2.73. The van der Waals surface area contributed by atoms with Gasteiger partial charge in [0.25, 0.3) is 0 Å². The third-order valence-electron chi connectivity index (χ3n) is 3.61. The van der Waals surface area contributed by atoms with Crippen molar-refractivity contribution < 1.29 is 5.11 Å². The number of aryl methyl sites for hydroxylation is 1. The van der Waals surface area contributed by atoms with Gasteiger partial charge in [0, 0.05) is 30.8 Å². The Labute approximate surface area is 108 Å². The normalized spacial score (nSPS) is 12.0. The summed E-state index contributed by atoms with van der Waals surface area (Å²) in [5.41, 5.74) is 0.245. The Morgan fingerprint density at radius 2 is 2.12 bits per heavy atom. The lowest BCUT2D eigenvalue weighted by atomic mass is 9.79. The van der Waals surface area contributed by atoms with Crippen LogP contribution >= 0.6 is 11.3 Å². The van der Waals surface area contributed by atoms with Gasteiger partial charge in [0.15, 0.2) is 0 Å². The molecule has 1 rings (SSSR count). The smallest absolute Gasteiger partial charge is 0.0897 e. The van der Waals surface area contributed by atoms with Crippen LogP contribution in [0.5, 0.6) is 0 Å². The van der Waals surface area contributed by atoms with Crippen LogP contribution in [0.25, 0.3) is 0 Å². The van der Waals surface area contributed by atoms with Crippen molar-refractivity contribution in [2.45, 2.75) is 46.6 Å². The van der Waals surface area contributed by atoms with Crippen molar-refractivity contribution in [2.24, 2.45) is 5.41 Å². The van der Waals surface area contributed by atoms with Crippen LogP contribution in [-0.2, 0) is 6.54 Å². The van der Waals surface area contributed by atoms with E-state index in [4.69, 9.17) is 5.11 Å². The van der Waals surface area contributed by atoms with Gasteiger partial charge in [-0.05, 0) is 31.6 Å². The zero-order valence-electron chi connectivity index (χ0n) is 11.1. The molecule has 0 unspecified atom stereocenters. The van der Waals surface area contributed by atoms with Crippen LogP contribution in [0.15, 0.2) is 6.20 Å². The number of aliphatic hydroxyl groups excluding tert-OH is 1. The molecule has 17 heavy (non-hydrogen) atoms. The van der Waals surface area contributed by atoms with Crippen LogP contribution in [0, 0.1) is 12.3 Å². The highest BCUT2D eigenvalue weighted by atomic mass is 32.1. The van der Waals surface area contributed by atoms with Gasteiger partial charge in [-0.25, -0.2) is 4.98 Å². The Bertz CT molecular complexity index is 321. The summed E-state index contributed by atoms with van der Waals surface area (Å²) in [6.45, 7) is 8.58. The molecular weight excluding hydrogens is 232 g/mol. The molecule has 0 atom stereocenters. The molecule has 0 aliphatic carbocycles. The summed E-state index contributed by atoms with van der Waals surface area (Å²) < 4.78 is 0. The number of aliphatic hydroxyl groups is 1. The van der Waals surface area contributed by atoms with Gasteiger partial charge in [-0.15, -0.1) is 11.3 Å². The summed E-state index contributed by atoms with van der Waals surface area (Å²) in [7, 11) is 0. The molecule has 0 bridgehead atoms. The van der Waals surface area contributed by atoms with Crippen molar-refractivity contribution in [1.29, 1.82) is 0 Å². The molecule has 98 valence electrons. The zero-order chi connectivity index (χ0) is 12.7. The number of hydrogen-bond acceptors (Lipinski definition) is 4. The maximum absolute atomic E-state index is 9.15. The highest BCUT2D eigenvalue weighted by molar-refractivity contribution is 7.11. The van der Waals surface area contributed by atoms with E-state index in [0.29, 0.717) is 0 Å². The van der Waals surface area contributed by atoms with Crippen molar-refractivity contribution in [3.05, 3.63) is 16.1 Å². The van der Waals surface area contributed by atoms with Gasteiger partial charge >= 0.3 is 0 Å². The monoisotopic (exact) mass is 256 g/mol. The average molecular weight is 256 g/mol. The first-order valence-corrected chi connectivity index (χ1v) is 7.20. The molecule has 1 aromatic heterocycles. The zero-order valence-corrected chi connectivity index (χ0v) is 11.9. The predicted molar refractivity (Wildman–Crippen MR) is 73.3 cm³/mol. The van der Waals surface area contributed by atoms with E-state index >= 15 is 0 Å². The topological polar surface area (TPSA) is 45.1 Å². The molecule has 0 saturated carbocycles. The molecule has 4 heteroatoms. The molecule has 0 aromatic carbocycles. The molecule has 0 aliphatic rings. The SMILES string of the molecule is CCC(CC)(CCO)CNCc1cnc(C)s1. The molecule has 0 radical (unpaired) electrons. The maximum Gasteiger partial charge on any atom is 0.0897 e. The minimum Gasteiger partial charge on any atom is -0.396 e. The van der Waals surface area contributed by atoms with E-state index in [1.54, 1.807) is 11.3 Å². The van der Waals surface area contributed by atoms with Crippen molar-refractivity contribution in [2.75, 3.05) is 13.2 Å². The van der Waals surface area contributed by atoms with E-state index in [1.807, 2.05) is 13.1 Å². The molecule has 1 aromatic rings. The molecule has 0 aliphatic heterocycles. The number of rotatable bonds is 8. The summed E-state index contributed by atoms with van der Waals surface area (Å²) in [6, 6.07) is 0. The van der Waals surface area contributed by atoms with Gasteiger partial charge in [-0.3, -0.25) is 0 Å². The van der Waals surface area contributed by atoms with Gasteiger partial charge in [-0.1, -0.05) is 13.8 Å². The maximum atomic E-state index is 9.15. The largest absolute Gasteiger partial charge is 0.396 e. The van der Waals surface area contributed by atoms with E-state index in [1.165, 1.54) is 4.88 Å². The lowest BCUT2D eigenvalue weighted by Gasteiger charge is -2.31. The molecule has 1 heterocycles. The molecule has 2 N–H and O–H groups in total. The summed E-state index contributed by atoms with van der Waals surface area (Å²) in [5.74, 6) is 0. The van der Waals surface area contributed by atoms with E-state index in [9.17, 15) is 0 Å². The Balaban J connectivity index is 2.41. The fourth-order valence-electron chi connectivity index (χ4n) is 2.12.